The van der Waals surface area contributed by atoms with E-state index in [9.17, 15) is 0 Å². The molecule has 0 aliphatic rings. The smallest absolute Gasteiger partial charge is 0.243 e. The van der Waals surface area contributed by atoms with E-state index in [0.717, 1.165) is 15.6 Å². The minimum absolute atomic E-state index is 0.452. The number of anilines is 1. The predicted molar refractivity (Wildman–Crippen MR) is 102 cm³/mol. The summed E-state index contributed by atoms with van der Waals surface area (Å²) in [5.74, 6) is 1.97. The third-order valence-electron chi connectivity index (χ3n) is 3.87. The van der Waals surface area contributed by atoms with Gasteiger partial charge in [0.25, 0.3) is 0 Å². The number of nitrogens with one attached hydrogen (secondary N) is 1. The molecule has 2 aromatic carbocycles. The van der Waals surface area contributed by atoms with Gasteiger partial charge in [-0.25, -0.2) is 4.68 Å². The average molecular weight is 418 g/mol. The molecule has 0 bridgehead atoms. The predicted octanol–water partition coefficient (Wildman–Crippen LogP) is 3.66. The fourth-order valence-corrected chi connectivity index (χ4v) is 2.96. The van der Waals surface area contributed by atoms with Gasteiger partial charge in [-0.05, 0) is 35.0 Å². The van der Waals surface area contributed by atoms with Crippen LogP contribution in [0.15, 0.2) is 46.9 Å². The van der Waals surface area contributed by atoms with Crippen LogP contribution < -0.4 is 14.8 Å². The number of tetrazole rings is 1. The molecular weight excluding hydrogens is 398 g/mol. The molecule has 136 valence electrons. The fraction of sp³-hybridized carbons (Fsp3) is 0.278. The van der Waals surface area contributed by atoms with Gasteiger partial charge in [0.1, 0.15) is 6.61 Å². The molecule has 0 amide bonds. The van der Waals surface area contributed by atoms with Crippen molar-refractivity contribution in [1.29, 1.82) is 0 Å². The highest BCUT2D eigenvalue weighted by atomic mass is 79.9. The molecule has 1 aromatic heterocycles. The Morgan fingerprint density at radius 2 is 1.96 bits per heavy atom. The molecular formula is C18H20BrN5O2. The summed E-state index contributed by atoms with van der Waals surface area (Å²) in [7, 11) is 1.63. The molecule has 0 atom stereocenters. The van der Waals surface area contributed by atoms with Crippen molar-refractivity contribution >= 4 is 21.9 Å². The summed E-state index contributed by atoms with van der Waals surface area (Å²) in [6.07, 6.45) is 0. The van der Waals surface area contributed by atoms with E-state index in [4.69, 9.17) is 9.47 Å². The van der Waals surface area contributed by atoms with Crippen LogP contribution in [0.2, 0.25) is 0 Å². The molecule has 26 heavy (non-hydrogen) atoms. The highest BCUT2D eigenvalue weighted by Crippen LogP contribution is 2.37. The molecule has 0 radical (unpaired) electrons. The highest BCUT2D eigenvalue weighted by Gasteiger charge is 2.16. The first kappa shape index (κ1) is 18.2. The van der Waals surface area contributed by atoms with Crippen LogP contribution in [0.25, 0.3) is 0 Å². The molecule has 1 heterocycles. The molecule has 0 fully saturated rings. The van der Waals surface area contributed by atoms with Crippen molar-refractivity contribution in [2.24, 2.45) is 0 Å². The van der Waals surface area contributed by atoms with Crippen molar-refractivity contribution < 1.29 is 9.47 Å². The minimum Gasteiger partial charge on any atom is -0.493 e. The summed E-state index contributed by atoms with van der Waals surface area (Å²) in [5, 5.41) is 14.9. The molecule has 1 N–H and O–H groups in total. The van der Waals surface area contributed by atoms with Crippen LogP contribution in [-0.2, 0) is 19.7 Å². The Kier molecular flexibility index (Phi) is 6.06. The number of nitrogens with zero attached hydrogens (tertiary/aromatic N) is 4. The van der Waals surface area contributed by atoms with Gasteiger partial charge in [-0.15, -0.1) is 0 Å². The number of methoxy groups -OCH3 is 1. The maximum absolute atomic E-state index is 6.10. The van der Waals surface area contributed by atoms with Crippen LogP contribution in [0.3, 0.4) is 0 Å². The Balaban J connectivity index is 1.83. The van der Waals surface area contributed by atoms with Gasteiger partial charge in [0, 0.05) is 23.1 Å². The monoisotopic (exact) mass is 417 g/mol. The maximum Gasteiger partial charge on any atom is 0.243 e. The van der Waals surface area contributed by atoms with Crippen molar-refractivity contribution in [3.05, 3.63) is 58.1 Å². The van der Waals surface area contributed by atoms with E-state index in [1.54, 1.807) is 11.8 Å². The number of aromatic nitrogens is 4. The standard InChI is InChI=1S/C18H20BrN5O2/c1-3-24-18(21-22-23-24)20-11-14-15(19)9-10-16(25-2)17(14)26-12-13-7-5-4-6-8-13/h4-10H,3,11-12H2,1-2H3,(H,20,21,23). The summed E-state index contributed by atoms with van der Waals surface area (Å²) in [6.45, 7) is 3.61. The lowest BCUT2D eigenvalue weighted by atomic mass is 10.1. The highest BCUT2D eigenvalue weighted by molar-refractivity contribution is 9.10. The molecule has 0 aliphatic heterocycles. The van der Waals surface area contributed by atoms with Gasteiger partial charge in [0.2, 0.25) is 5.95 Å². The first-order valence-corrected chi connectivity index (χ1v) is 9.04. The summed E-state index contributed by atoms with van der Waals surface area (Å²) in [4.78, 5) is 0. The summed E-state index contributed by atoms with van der Waals surface area (Å²) >= 11 is 3.60. The van der Waals surface area contributed by atoms with Crippen molar-refractivity contribution in [2.45, 2.75) is 26.6 Å². The molecule has 3 aromatic rings. The van der Waals surface area contributed by atoms with Gasteiger partial charge in [-0.1, -0.05) is 51.4 Å². The Hall–Kier alpha value is -2.61. The number of halogens is 1. The second-order valence-electron chi connectivity index (χ2n) is 5.50. The minimum atomic E-state index is 0.452. The number of hydrogen-bond donors (Lipinski definition) is 1. The largest absolute Gasteiger partial charge is 0.493 e. The topological polar surface area (TPSA) is 74.1 Å². The molecule has 0 spiro atoms. The molecule has 0 saturated heterocycles. The summed E-state index contributed by atoms with van der Waals surface area (Å²) < 4.78 is 14.2. The SMILES string of the molecule is CCn1nnnc1NCc1c(Br)ccc(OC)c1OCc1ccccc1. The Bertz CT molecular complexity index is 854. The average Bonchev–Trinajstić information content (AvgIpc) is 3.14. The van der Waals surface area contributed by atoms with Crippen LogP contribution in [0.5, 0.6) is 11.5 Å². The van der Waals surface area contributed by atoms with E-state index in [1.165, 1.54) is 0 Å². The second kappa shape index (κ2) is 8.66. The van der Waals surface area contributed by atoms with Crippen molar-refractivity contribution in [3.63, 3.8) is 0 Å². The van der Waals surface area contributed by atoms with Crippen LogP contribution in [0.4, 0.5) is 5.95 Å². The summed E-state index contributed by atoms with van der Waals surface area (Å²) in [6, 6.07) is 13.8. The van der Waals surface area contributed by atoms with E-state index in [2.05, 4.69) is 36.8 Å². The number of benzene rings is 2. The lowest BCUT2D eigenvalue weighted by molar-refractivity contribution is 0.281. The fourth-order valence-electron chi connectivity index (χ4n) is 2.51. The number of ether oxygens (including phenoxy) is 2. The van der Waals surface area contributed by atoms with Gasteiger partial charge in [0.05, 0.1) is 7.11 Å². The number of hydrogen-bond acceptors (Lipinski definition) is 6. The Morgan fingerprint density at radius 3 is 2.69 bits per heavy atom. The first-order valence-electron chi connectivity index (χ1n) is 8.25. The molecule has 0 unspecified atom stereocenters. The normalized spacial score (nSPS) is 10.6. The summed E-state index contributed by atoms with van der Waals surface area (Å²) in [5.41, 5.74) is 2.02. The van der Waals surface area contributed by atoms with Crippen LogP contribution >= 0.6 is 15.9 Å². The van der Waals surface area contributed by atoms with Crippen molar-refractivity contribution in [1.82, 2.24) is 20.2 Å². The zero-order valence-electron chi connectivity index (χ0n) is 14.6. The first-order chi connectivity index (χ1) is 12.7. The maximum atomic E-state index is 6.10. The number of rotatable bonds is 8. The Labute approximate surface area is 160 Å². The molecule has 0 aliphatic carbocycles. The van der Waals surface area contributed by atoms with Crippen LogP contribution in [-0.4, -0.2) is 27.3 Å². The molecule has 8 heteroatoms. The third-order valence-corrected chi connectivity index (χ3v) is 4.61. The zero-order chi connectivity index (χ0) is 18.4. The van der Waals surface area contributed by atoms with Crippen LogP contribution in [0.1, 0.15) is 18.1 Å². The van der Waals surface area contributed by atoms with Gasteiger partial charge in [-0.2, -0.15) is 0 Å². The lowest BCUT2D eigenvalue weighted by Crippen LogP contribution is -2.10. The van der Waals surface area contributed by atoms with E-state index in [-0.39, 0.29) is 0 Å². The van der Waals surface area contributed by atoms with Gasteiger partial charge in [0.15, 0.2) is 11.5 Å². The number of aryl methyl sites for hydroxylation is 1. The third kappa shape index (κ3) is 4.13. The van der Waals surface area contributed by atoms with Crippen molar-refractivity contribution in [2.75, 3.05) is 12.4 Å². The molecule has 0 saturated carbocycles. The lowest BCUT2D eigenvalue weighted by Gasteiger charge is -2.17. The van der Waals surface area contributed by atoms with E-state index in [0.29, 0.717) is 37.1 Å². The molecule has 7 nitrogen and oxygen atoms in total. The van der Waals surface area contributed by atoms with Gasteiger partial charge in [-0.3, -0.25) is 0 Å². The zero-order valence-corrected chi connectivity index (χ0v) is 16.2. The quantitative estimate of drug-likeness (QED) is 0.602. The second-order valence-corrected chi connectivity index (χ2v) is 6.36. The van der Waals surface area contributed by atoms with Crippen molar-refractivity contribution in [3.8, 4) is 11.5 Å². The van der Waals surface area contributed by atoms with Gasteiger partial charge >= 0.3 is 0 Å². The van der Waals surface area contributed by atoms with Gasteiger partial charge < -0.3 is 14.8 Å². The van der Waals surface area contributed by atoms with E-state index < -0.39 is 0 Å². The van der Waals surface area contributed by atoms with E-state index in [1.807, 2.05) is 49.4 Å². The Morgan fingerprint density at radius 1 is 1.15 bits per heavy atom. The van der Waals surface area contributed by atoms with Crippen LogP contribution in [0, 0.1) is 0 Å². The van der Waals surface area contributed by atoms with E-state index >= 15 is 0 Å². The molecule has 3 rings (SSSR count).